The van der Waals surface area contributed by atoms with Crippen LogP contribution in [0.2, 0.25) is 0 Å². The van der Waals surface area contributed by atoms with Crippen molar-refractivity contribution in [3.05, 3.63) is 0 Å². The minimum Gasteiger partial charge on any atom is -0.338 e. The fraction of sp³-hybridized carbons (Fsp3) is 0.750. The fourth-order valence-corrected chi connectivity index (χ4v) is 2.46. The Morgan fingerprint density at radius 1 is 1.54 bits per heavy atom. The number of nitrogens with one attached hydrogen (secondary N) is 2. The Bertz CT molecular complexity index is 181. The van der Waals surface area contributed by atoms with E-state index in [-0.39, 0.29) is 12.6 Å². The Morgan fingerprint density at radius 3 is 3.00 bits per heavy atom. The topological polar surface area (TPSA) is 58.2 Å². The monoisotopic (exact) mass is 202 g/mol. The number of aldehydes is 1. The minimum atomic E-state index is -0.246. The molecular weight excluding hydrogens is 188 g/mol. The maximum Gasteiger partial charge on any atom is 0.315 e. The van der Waals surface area contributed by atoms with Gasteiger partial charge in [-0.2, -0.15) is 11.8 Å². The highest BCUT2D eigenvalue weighted by molar-refractivity contribution is 7.99. The quantitative estimate of drug-likeness (QED) is 0.642. The molecule has 1 fully saturated rings. The van der Waals surface area contributed by atoms with Crippen LogP contribution in [0.5, 0.6) is 0 Å². The van der Waals surface area contributed by atoms with Crippen LogP contribution in [0, 0.1) is 5.92 Å². The summed E-state index contributed by atoms with van der Waals surface area (Å²) in [5.74, 6) is 2.93. The van der Waals surface area contributed by atoms with Gasteiger partial charge in [-0.15, -0.1) is 0 Å². The first-order valence-electron chi connectivity index (χ1n) is 4.36. The highest BCUT2D eigenvalue weighted by atomic mass is 32.2. The van der Waals surface area contributed by atoms with Crippen molar-refractivity contribution in [3.63, 3.8) is 0 Å². The number of hydrogen-bond donors (Lipinski definition) is 2. The van der Waals surface area contributed by atoms with Gasteiger partial charge in [0, 0.05) is 6.54 Å². The zero-order valence-electron chi connectivity index (χ0n) is 7.41. The summed E-state index contributed by atoms with van der Waals surface area (Å²) in [6.45, 7) is 0.808. The SMILES string of the molecule is O=CCNC(=O)NCC1CCSC1. The lowest BCUT2D eigenvalue weighted by molar-refractivity contribution is -0.107. The molecule has 74 valence electrons. The van der Waals surface area contributed by atoms with Crippen molar-refractivity contribution in [2.75, 3.05) is 24.6 Å². The van der Waals surface area contributed by atoms with Gasteiger partial charge in [0.15, 0.2) is 0 Å². The van der Waals surface area contributed by atoms with Crippen molar-refractivity contribution in [3.8, 4) is 0 Å². The summed E-state index contributed by atoms with van der Waals surface area (Å²) in [5.41, 5.74) is 0. The van der Waals surface area contributed by atoms with Crippen LogP contribution in [0.3, 0.4) is 0 Å². The molecule has 2 N–H and O–H groups in total. The number of urea groups is 1. The third-order valence-electron chi connectivity index (χ3n) is 1.92. The van der Waals surface area contributed by atoms with Gasteiger partial charge in [-0.3, -0.25) is 0 Å². The summed E-state index contributed by atoms with van der Waals surface area (Å²) in [5, 5.41) is 5.17. The molecule has 1 aliphatic rings. The molecule has 1 rings (SSSR count). The zero-order chi connectivity index (χ0) is 9.52. The number of thioether (sulfide) groups is 1. The van der Waals surface area contributed by atoms with Crippen molar-refractivity contribution in [1.29, 1.82) is 0 Å². The van der Waals surface area contributed by atoms with E-state index in [2.05, 4.69) is 10.6 Å². The number of carbonyl (C=O) groups is 2. The molecule has 4 nitrogen and oxygen atoms in total. The van der Waals surface area contributed by atoms with E-state index in [1.807, 2.05) is 11.8 Å². The van der Waals surface area contributed by atoms with E-state index in [4.69, 9.17) is 0 Å². The van der Waals surface area contributed by atoms with Crippen LogP contribution in [-0.2, 0) is 4.79 Å². The Morgan fingerprint density at radius 2 is 2.38 bits per heavy atom. The van der Waals surface area contributed by atoms with Crippen molar-refractivity contribution in [1.82, 2.24) is 10.6 Å². The van der Waals surface area contributed by atoms with Crippen LogP contribution in [0.25, 0.3) is 0 Å². The normalized spacial score (nSPS) is 21.1. The minimum absolute atomic E-state index is 0.0885. The van der Waals surface area contributed by atoms with E-state index in [0.29, 0.717) is 12.2 Å². The summed E-state index contributed by atoms with van der Waals surface area (Å²) in [6, 6.07) is -0.246. The molecule has 0 aromatic rings. The molecule has 0 bridgehead atoms. The van der Waals surface area contributed by atoms with Gasteiger partial charge >= 0.3 is 6.03 Å². The molecule has 1 heterocycles. The summed E-state index contributed by atoms with van der Waals surface area (Å²) >= 11 is 1.92. The second-order valence-corrected chi connectivity index (χ2v) is 4.14. The van der Waals surface area contributed by atoms with Gasteiger partial charge in [0.25, 0.3) is 0 Å². The maximum atomic E-state index is 11.0. The molecule has 2 amide bonds. The molecule has 1 unspecified atom stereocenters. The average molecular weight is 202 g/mol. The van der Waals surface area contributed by atoms with Gasteiger partial charge in [-0.1, -0.05) is 0 Å². The molecule has 1 aliphatic heterocycles. The number of rotatable bonds is 4. The average Bonchev–Trinajstić information content (AvgIpc) is 2.64. The smallest absolute Gasteiger partial charge is 0.315 e. The molecule has 1 saturated heterocycles. The molecule has 0 aromatic carbocycles. The number of carbonyl (C=O) groups excluding carboxylic acids is 2. The molecule has 1 atom stereocenters. The molecular formula is C8H14N2O2S. The predicted molar refractivity (Wildman–Crippen MR) is 52.9 cm³/mol. The second-order valence-electron chi connectivity index (χ2n) is 2.99. The summed E-state index contributed by atoms with van der Waals surface area (Å²) in [6.07, 6.45) is 1.85. The molecule has 0 spiro atoms. The maximum absolute atomic E-state index is 11.0. The van der Waals surface area contributed by atoms with Crippen LogP contribution in [-0.4, -0.2) is 36.9 Å². The first kappa shape index (κ1) is 10.4. The Hall–Kier alpha value is -0.710. The van der Waals surface area contributed by atoms with E-state index >= 15 is 0 Å². The first-order chi connectivity index (χ1) is 6.33. The van der Waals surface area contributed by atoms with E-state index in [1.54, 1.807) is 0 Å². The lowest BCUT2D eigenvalue weighted by atomic mass is 10.1. The van der Waals surface area contributed by atoms with Crippen molar-refractivity contribution in [2.24, 2.45) is 5.92 Å². The van der Waals surface area contributed by atoms with Crippen LogP contribution in [0.15, 0.2) is 0 Å². The standard InChI is InChI=1S/C8H14N2O2S/c11-3-2-9-8(12)10-5-7-1-4-13-6-7/h3,7H,1-2,4-6H2,(H2,9,10,12). The molecule has 0 radical (unpaired) electrons. The van der Waals surface area contributed by atoms with E-state index < -0.39 is 0 Å². The highest BCUT2D eigenvalue weighted by Gasteiger charge is 2.15. The second kappa shape index (κ2) is 5.85. The Labute approximate surface area is 81.8 Å². The predicted octanol–water partition coefficient (Wildman–Crippen LogP) is 0.238. The zero-order valence-corrected chi connectivity index (χ0v) is 8.23. The van der Waals surface area contributed by atoms with Gasteiger partial charge in [0.2, 0.25) is 0 Å². The number of amides is 2. The molecule has 0 aromatic heterocycles. The van der Waals surface area contributed by atoms with E-state index in [0.717, 1.165) is 12.3 Å². The van der Waals surface area contributed by atoms with Crippen molar-refractivity contribution in [2.45, 2.75) is 6.42 Å². The fourth-order valence-electron chi connectivity index (χ4n) is 1.18. The third kappa shape index (κ3) is 4.17. The Kier molecular flexibility index (Phi) is 4.67. The molecule has 5 heteroatoms. The largest absolute Gasteiger partial charge is 0.338 e. The summed E-state index contributed by atoms with van der Waals surface area (Å²) < 4.78 is 0. The van der Waals surface area contributed by atoms with E-state index in [9.17, 15) is 9.59 Å². The third-order valence-corrected chi connectivity index (χ3v) is 3.15. The van der Waals surface area contributed by atoms with Crippen LogP contribution >= 0.6 is 11.8 Å². The van der Waals surface area contributed by atoms with Crippen LogP contribution in [0.1, 0.15) is 6.42 Å². The van der Waals surface area contributed by atoms with Gasteiger partial charge in [-0.25, -0.2) is 4.79 Å². The van der Waals surface area contributed by atoms with Gasteiger partial charge in [0.05, 0.1) is 6.54 Å². The summed E-state index contributed by atoms with van der Waals surface area (Å²) in [7, 11) is 0. The molecule has 0 saturated carbocycles. The van der Waals surface area contributed by atoms with Gasteiger partial charge < -0.3 is 15.4 Å². The van der Waals surface area contributed by atoms with Gasteiger partial charge in [0.1, 0.15) is 6.29 Å². The lowest BCUT2D eigenvalue weighted by Gasteiger charge is -2.09. The molecule has 0 aliphatic carbocycles. The van der Waals surface area contributed by atoms with Gasteiger partial charge in [-0.05, 0) is 23.8 Å². The van der Waals surface area contributed by atoms with Crippen LogP contribution in [0.4, 0.5) is 4.79 Å². The Balaban J connectivity index is 2.03. The number of hydrogen-bond acceptors (Lipinski definition) is 3. The highest BCUT2D eigenvalue weighted by Crippen LogP contribution is 2.22. The molecule has 13 heavy (non-hydrogen) atoms. The van der Waals surface area contributed by atoms with Crippen molar-refractivity contribution >= 4 is 24.1 Å². The first-order valence-corrected chi connectivity index (χ1v) is 5.51. The van der Waals surface area contributed by atoms with E-state index in [1.165, 1.54) is 12.2 Å². The van der Waals surface area contributed by atoms with Crippen molar-refractivity contribution < 1.29 is 9.59 Å². The lowest BCUT2D eigenvalue weighted by Crippen LogP contribution is -2.39. The summed E-state index contributed by atoms with van der Waals surface area (Å²) in [4.78, 5) is 20.9. The van der Waals surface area contributed by atoms with Crippen LogP contribution < -0.4 is 10.6 Å².